The molecule has 1 aliphatic heterocycles. The van der Waals surface area contributed by atoms with Gasteiger partial charge in [0.05, 0.1) is 17.7 Å². The van der Waals surface area contributed by atoms with Gasteiger partial charge in [-0.15, -0.1) is 11.3 Å². The fourth-order valence-corrected chi connectivity index (χ4v) is 4.53. The van der Waals surface area contributed by atoms with Crippen molar-refractivity contribution < 1.29 is 5.11 Å². The van der Waals surface area contributed by atoms with Gasteiger partial charge in [0.25, 0.3) is 0 Å². The van der Waals surface area contributed by atoms with Gasteiger partial charge >= 0.3 is 0 Å². The molecule has 3 aromatic rings. The van der Waals surface area contributed by atoms with E-state index >= 15 is 0 Å². The average molecular weight is 343 g/mol. The summed E-state index contributed by atoms with van der Waals surface area (Å²) >= 11 is 1.72. The number of aliphatic hydroxyl groups is 1. The van der Waals surface area contributed by atoms with Crippen LogP contribution in [0.3, 0.4) is 0 Å². The number of hydrogen-bond acceptors (Lipinski definition) is 6. The molecule has 0 aliphatic carbocycles. The van der Waals surface area contributed by atoms with E-state index in [0.717, 1.165) is 53.3 Å². The van der Waals surface area contributed by atoms with Crippen LogP contribution in [0.5, 0.6) is 0 Å². The van der Waals surface area contributed by atoms with E-state index in [-0.39, 0.29) is 6.61 Å². The minimum absolute atomic E-state index is 0.0149. The molecule has 3 aromatic heterocycles. The molecule has 0 unspecified atom stereocenters. The normalized spacial score (nSPS) is 14.4. The van der Waals surface area contributed by atoms with Crippen LogP contribution in [0, 0.1) is 13.8 Å². The Labute approximate surface area is 144 Å². The molecule has 0 saturated heterocycles. The number of fused-ring (bicyclic) bond motifs is 2. The zero-order valence-corrected chi connectivity index (χ0v) is 15.0. The molecular weight excluding hydrogens is 322 g/mol. The van der Waals surface area contributed by atoms with Crippen LogP contribution in [0.1, 0.15) is 34.3 Å². The van der Waals surface area contributed by atoms with Gasteiger partial charge in [0, 0.05) is 42.2 Å². The molecule has 0 atom stereocenters. The second-order valence-electron chi connectivity index (χ2n) is 6.18. The maximum atomic E-state index is 9.66. The molecule has 6 nitrogen and oxygen atoms in total. The zero-order chi connectivity index (χ0) is 16.8. The van der Waals surface area contributed by atoms with E-state index in [1.54, 1.807) is 17.7 Å². The third kappa shape index (κ3) is 2.22. The number of aryl methyl sites for hydroxylation is 3. The lowest BCUT2D eigenvalue weighted by Gasteiger charge is -2.29. The molecule has 24 heavy (non-hydrogen) atoms. The van der Waals surface area contributed by atoms with E-state index in [9.17, 15) is 5.11 Å². The maximum Gasteiger partial charge on any atom is 0.141 e. The first kappa shape index (κ1) is 15.5. The number of aliphatic hydroxyl groups excluding tert-OH is 1. The molecule has 0 bridgehead atoms. The Kier molecular flexibility index (Phi) is 3.77. The van der Waals surface area contributed by atoms with Crippen molar-refractivity contribution in [3.63, 3.8) is 0 Å². The van der Waals surface area contributed by atoms with Crippen molar-refractivity contribution in [1.29, 1.82) is 0 Å². The Bertz CT molecular complexity index is 913. The Hall–Kier alpha value is -1.99. The van der Waals surface area contributed by atoms with Crippen molar-refractivity contribution in [3.05, 3.63) is 33.7 Å². The Balaban J connectivity index is 1.79. The lowest BCUT2D eigenvalue weighted by atomic mass is 10.0. The summed E-state index contributed by atoms with van der Waals surface area (Å²) in [4.78, 5) is 13.7. The van der Waals surface area contributed by atoms with Gasteiger partial charge in [-0.25, -0.2) is 9.97 Å². The summed E-state index contributed by atoms with van der Waals surface area (Å²) in [6.07, 6.45) is 2.58. The Morgan fingerprint density at radius 3 is 2.88 bits per heavy atom. The summed E-state index contributed by atoms with van der Waals surface area (Å²) in [7, 11) is 0. The van der Waals surface area contributed by atoms with Crippen molar-refractivity contribution >= 4 is 27.4 Å². The first-order chi connectivity index (χ1) is 11.6. The van der Waals surface area contributed by atoms with Crippen LogP contribution in [0.25, 0.3) is 10.2 Å². The number of rotatable bonds is 3. The molecule has 0 aromatic carbocycles. The van der Waals surface area contributed by atoms with E-state index in [1.165, 1.54) is 16.1 Å². The Morgan fingerprint density at radius 1 is 1.29 bits per heavy atom. The lowest BCUT2D eigenvalue weighted by molar-refractivity contribution is 0.274. The lowest BCUT2D eigenvalue weighted by Crippen LogP contribution is -2.32. The fourth-order valence-electron chi connectivity index (χ4n) is 3.53. The summed E-state index contributed by atoms with van der Waals surface area (Å²) in [5.41, 5.74) is 4.46. The summed E-state index contributed by atoms with van der Waals surface area (Å²) < 4.78 is 2.02. The molecule has 0 radical (unpaired) electrons. The van der Waals surface area contributed by atoms with Crippen LogP contribution < -0.4 is 4.90 Å². The maximum absolute atomic E-state index is 9.66. The first-order valence-corrected chi connectivity index (χ1v) is 9.09. The minimum atomic E-state index is -0.0149. The number of anilines is 1. The van der Waals surface area contributed by atoms with Gasteiger partial charge in [0.15, 0.2) is 0 Å². The van der Waals surface area contributed by atoms with Crippen molar-refractivity contribution in [2.24, 2.45) is 0 Å². The largest absolute Gasteiger partial charge is 0.390 e. The second kappa shape index (κ2) is 5.82. The van der Waals surface area contributed by atoms with Crippen LogP contribution in [-0.4, -0.2) is 31.4 Å². The average Bonchev–Trinajstić information content (AvgIpc) is 3.11. The smallest absolute Gasteiger partial charge is 0.141 e. The van der Waals surface area contributed by atoms with Crippen molar-refractivity contribution in [1.82, 2.24) is 19.7 Å². The van der Waals surface area contributed by atoms with Gasteiger partial charge in [-0.3, -0.25) is 4.68 Å². The molecular formula is C17H21N5OS. The van der Waals surface area contributed by atoms with Gasteiger partial charge in [-0.1, -0.05) is 0 Å². The number of nitrogens with zero attached hydrogens (tertiary/aromatic N) is 5. The van der Waals surface area contributed by atoms with Gasteiger partial charge in [0.2, 0.25) is 0 Å². The minimum Gasteiger partial charge on any atom is -0.390 e. The monoisotopic (exact) mass is 343 g/mol. The van der Waals surface area contributed by atoms with Gasteiger partial charge in [-0.2, -0.15) is 5.10 Å². The van der Waals surface area contributed by atoms with Crippen LogP contribution >= 0.6 is 11.3 Å². The number of aromatic nitrogens is 4. The zero-order valence-electron chi connectivity index (χ0n) is 14.2. The topological polar surface area (TPSA) is 67.1 Å². The highest BCUT2D eigenvalue weighted by Gasteiger charge is 2.26. The first-order valence-electron chi connectivity index (χ1n) is 8.28. The van der Waals surface area contributed by atoms with Crippen molar-refractivity contribution in [2.75, 3.05) is 11.4 Å². The Morgan fingerprint density at radius 2 is 2.12 bits per heavy atom. The predicted molar refractivity (Wildman–Crippen MR) is 95.5 cm³/mol. The van der Waals surface area contributed by atoms with Gasteiger partial charge in [-0.05, 0) is 26.3 Å². The van der Waals surface area contributed by atoms with E-state index in [0.29, 0.717) is 0 Å². The third-order valence-electron chi connectivity index (χ3n) is 4.91. The van der Waals surface area contributed by atoms with Crippen molar-refractivity contribution in [3.8, 4) is 0 Å². The fraction of sp³-hybridized carbons (Fsp3) is 0.471. The molecule has 1 N–H and O–H groups in total. The van der Waals surface area contributed by atoms with E-state index < -0.39 is 0 Å². The van der Waals surface area contributed by atoms with Crippen LogP contribution in [0.4, 0.5) is 5.82 Å². The highest BCUT2D eigenvalue weighted by atomic mass is 32.1. The summed E-state index contributed by atoms with van der Waals surface area (Å²) in [5, 5.41) is 15.4. The standard InChI is InChI=1S/C17H21N5OS/c1-4-22-14-5-6-21(7-12(14)13(8-23)20-22)16-15-10(2)11(3)24-17(15)19-9-18-16/h9,23H,4-8H2,1-3H3. The number of hydrogen-bond donors (Lipinski definition) is 1. The SMILES string of the molecule is CCn1nc(CO)c2c1CCN(c1ncnc3sc(C)c(C)c13)C2. The van der Waals surface area contributed by atoms with E-state index in [1.807, 2.05) is 4.68 Å². The van der Waals surface area contributed by atoms with Crippen molar-refractivity contribution in [2.45, 2.75) is 46.9 Å². The summed E-state index contributed by atoms with van der Waals surface area (Å²) in [6, 6.07) is 0. The molecule has 126 valence electrons. The molecule has 4 rings (SSSR count). The van der Waals surface area contributed by atoms with Crippen LogP contribution in [0.15, 0.2) is 6.33 Å². The highest BCUT2D eigenvalue weighted by Crippen LogP contribution is 2.36. The molecule has 1 aliphatic rings. The van der Waals surface area contributed by atoms with Gasteiger partial charge in [0.1, 0.15) is 17.0 Å². The quantitative estimate of drug-likeness (QED) is 0.792. The highest BCUT2D eigenvalue weighted by molar-refractivity contribution is 7.18. The van der Waals surface area contributed by atoms with E-state index in [4.69, 9.17) is 0 Å². The summed E-state index contributed by atoms with van der Waals surface area (Å²) in [6.45, 7) is 8.84. The molecule has 0 spiro atoms. The molecule has 0 amide bonds. The molecule has 4 heterocycles. The van der Waals surface area contributed by atoms with Gasteiger partial charge < -0.3 is 10.0 Å². The number of thiophene rings is 1. The molecule has 7 heteroatoms. The van der Waals surface area contributed by atoms with E-state index in [2.05, 4.69) is 40.7 Å². The molecule has 0 saturated carbocycles. The van der Waals surface area contributed by atoms with Crippen LogP contribution in [-0.2, 0) is 26.1 Å². The van der Waals surface area contributed by atoms with Crippen LogP contribution in [0.2, 0.25) is 0 Å². The second-order valence-corrected chi connectivity index (χ2v) is 7.38. The third-order valence-corrected chi connectivity index (χ3v) is 6.03. The summed E-state index contributed by atoms with van der Waals surface area (Å²) in [5.74, 6) is 1.00. The predicted octanol–water partition coefficient (Wildman–Crippen LogP) is 2.58. The molecule has 0 fully saturated rings.